The summed E-state index contributed by atoms with van der Waals surface area (Å²) in [6.45, 7) is 0. The molecule has 4 aromatic rings. The zero-order valence-corrected chi connectivity index (χ0v) is 17.7. The van der Waals surface area contributed by atoms with Crippen molar-refractivity contribution in [2.24, 2.45) is 7.05 Å². The van der Waals surface area contributed by atoms with Crippen molar-refractivity contribution in [1.29, 1.82) is 0 Å². The first-order valence-electron chi connectivity index (χ1n) is 10.2. The van der Waals surface area contributed by atoms with Gasteiger partial charge in [-0.05, 0) is 65.7 Å². The van der Waals surface area contributed by atoms with Crippen LogP contribution in [0.15, 0.2) is 54.7 Å². The van der Waals surface area contributed by atoms with E-state index in [2.05, 4.69) is 34.0 Å². The number of aromatic nitrogens is 3. The fraction of sp³-hybridized carbons (Fsp3) is 0.115. The molecule has 2 aromatic heterocycles. The van der Waals surface area contributed by atoms with Crippen LogP contribution >= 0.6 is 0 Å². The van der Waals surface area contributed by atoms with Crippen LogP contribution in [0.1, 0.15) is 32.9 Å². The van der Waals surface area contributed by atoms with Crippen molar-refractivity contribution in [3.8, 4) is 12.3 Å². The highest BCUT2D eigenvalue weighted by Gasteiger charge is 2.24. The molecule has 0 saturated carbocycles. The number of nitrogens with zero attached hydrogens (tertiary/aromatic N) is 4. The molecule has 0 saturated heterocycles. The maximum Gasteiger partial charge on any atom is 0.336 e. The number of aromatic carboxylic acids is 1. The van der Waals surface area contributed by atoms with E-state index in [0.717, 1.165) is 44.7 Å². The minimum absolute atomic E-state index is 0.293. The predicted molar refractivity (Wildman–Crippen MR) is 126 cm³/mol. The number of carboxylic acids is 1. The lowest BCUT2D eigenvalue weighted by atomic mass is 10.0. The van der Waals surface area contributed by atoms with Gasteiger partial charge < -0.3 is 10.0 Å². The molecule has 6 heteroatoms. The Balaban J connectivity index is 1.51. The van der Waals surface area contributed by atoms with Crippen LogP contribution in [0.4, 0.5) is 11.4 Å². The molecule has 0 spiro atoms. The van der Waals surface area contributed by atoms with Crippen LogP contribution in [0.25, 0.3) is 22.6 Å². The maximum absolute atomic E-state index is 11.6. The van der Waals surface area contributed by atoms with Gasteiger partial charge in [-0.15, -0.1) is 6.42 Å². The zero-order chi connectivity index (χ0) is 22.4. The number of rotatable bonds is 4. The number of hydrogen-bond acceptors (Lipinski definition) is 4. The first-order valence-corrected chi connectivity index (χ1v) is 10.2. The molecule has 5 rings (SSSR count). The minimum atomic E-state index is -0.938. The molecule has 0 fully saturated rings. The van der Waals surface area contributed by atoms with Gasteiger partial charge in [-0.3, -0.25) is 9.67 Å². The van der Waals surface area contributed by atoms with E-state index in [1.54, 1.807) is 6.07 Å². The van der Waals surface area contributed by atoms with E-state index in [9.17, 15) is 9.90 Å². The Hall–Kier alpha value is -4.37. The number of hydrogen-bond donors (Lipinski definition) is 1. The van der Waals surface area contributed by atoms with Crippen molar-refractivity contribution in [2.75, 3.05) is 11.9 Å². The van der Waals surface area contributed by atoms with Crippen LogP contribution in [-0.4, -0.2) is 32.9 Å². The van der Waals surface area contributed by atoms with Gasteiger partial charge in [0.1, 0.15) is 0 Å². The molecule has 32 heavy (non-hydrogen) atoms. The monoisotopic (exact) mass is 420 g/mol. The second-order valence-electron chi connectivity index (χ2n) is 7.80. The maximum atomic E-state index is 11.6. The molecule has 0 atom stereocenters. The van der Waals surface area contributed by atoms with Crippen LogP contribution in [0.5, 0.6) is 0 Å². The second-order valence-corrected chi connectivity index (χ2v) is 7.80. The largest absolute Gasteiger partial charge is 0.478 e. The van der Waals surface area contributed by atoms with Crippen LogP contribution in [0, 0.1) is 12.3 Å². The first-order chi connectivity index (χ1) is 15.5. The molecule has 0 amide bonds. The molecule has 2 heterocycles. The molecule has 1 aliphatic carbocycles. The third-order valence-electron chi connectivity index (χ3n) is 5.95. The minimum Gasteiger partial charge on any atom is -0.478 e. The summed E-state index contributed by atoms with van der Waals surface area (Å²) in [5.74, 6) is 1.70. The Morgan fingerprint density at radius 3 is 2.62 bits per heavy atom. The highest BCUT2D eigenvalue weighted by Crippen LogP contribution is 2.36. The van der Waals surface area contributed by atoms with Crippen molar-refractivity contribution in [1.82, 2.24) is 14.8 Å². The van der Waals surface area contributed by atoms with Crippen LogP contribution in [-0.2, 0) is 13.5 Å². The fourth-order valence-electron chi connectivity index (χ4n) is 4.20. The number of carboxylic acid groups (broad SMARTS) is 1. The Labute approximate surface area is 185 Å². The van der Waals surface area contributed by atoms with Crippen LogP contribution < -0.4 is 4.90 Å². The number of pyridine rings is 1. The molecule has 1 aliphatic rings. The number of anilines is 2. The van der Waals surface area contributed by atoms with E-state index in [1.165, 1.54) is 6.20 Å². The second kappa shape index (κ2) is 7.40. The topological polar surface area (TPSA) is 71.2 Å². The van der Waals surface area contributed by atoms with Crippen LogP contribution in [0.2, 0.25) is 0 Å². The SMILES string of the molecule is C#Cc1ccc(N(C)c2ccc3c(C4=Cc5nccc(C(=O)O)c5C4)nn(C)c3c2)cc1. The molecule has 156 valence electrons. The number of allylic oxidation sites excluding steroid dienone is 1. The summed E-state index contributed by atoms with van der Waals surface area (Å²) in [7, 11) is 3.93. The molecule has 1 N–H and O–H groups in total. The summed E-state index contributed by atoms with van der Waals surface area (Å²) in [5, 5.41) is 15.3. The van der Waals surface area contributed by atoms with Gasteiger partial charge in [0.15, 0.2) is 0 Å². The lowest BCUT2D eigenvalue weighted by Crippen LogP contribution is -2.09. The standard InChI is InChI=1S/C26H20N4O2/c1-4-16-5-7-18(8-6-16)29(2)19-9-10-21-24(15-19)30(3)28-25(21)17-13-22-20(26(31)32)11-12-27-23(22)14-17/h1,5-12,14-15H,13H2,2-3H3,(H,31,32). The molecular weight excluding hydrogens is 400 g/mol. The Morgan fingerprint density at radius 2 is 1.91 bits per heavy atom. The van der Waals surface area contributed by atoms with E-state index in [0.29, 0.717) is 17.7 Å². The molecule has 0 bridgehead atoms. The molecule has 0 radical (unpaired) electrons. The van der Waals surface area contributed by atoms with E-state index < -0.39 is 5.97 Å². The third kappa shape index (κ3) is 3.12. The Morgan fingerprint density at radius 1 is 1.16 bits per heavy atom. The van der Waals surface area contributed by atoms with E-state index in [4.69, 9.17) is 11.5 Å². The third-order valence-corrected chi connectivity index (χ3v) is 5.95. The van der Waals surface area contributed by atoms with E-state index in [-0.39, 0.29) is 0 Å². The predicted octanol–water partition coefficient (Wildman–Crippen LogP) is 4.51. The van der Waals surface area contributed by atoms with Gasteiger partial charge in [0.05, 0.1) is 22.5 Å². The fourth-order valence-corrected chi connectivity index (χ4v) is 4.20. The highest BCUT2D eigenvalue weighted by atomic mass is 16.4. The summed E-state index contributed by atoms with van der Waals surface area (Å²) in [4.78, 5) is 18.0. The van der Waals surface area contributed by atoms with Gasteiger partial charge in [-0.25, -0.2) is 4.79 Å². The molecule has 6 nitrogen and oxygen atoms in total. The van der Waals surface area contributed by atoms with Crippen molar-refractivity contribution >= 4 is 39.9 Å². The number of fused-ring (bicyclic) bond motifs is 2. The molecule has 0 unspecified atom stereocenters. The summed E-state index contributed by atoms with van der Waals surface area (Å²) >= 11 is 0. The number of aryl methyl sites for hydroxylation is 1. The first kappa shape index (κ1) is 19.6. The van der Waals surface area contributed by atoms with Gasteiger partial charge in [-0.1, -0.05) is 5.92 Å². The zero-order valence-electron chi connectivity index (χ0n) is 17.7. The van der Waals surface area contributed by atoms with Crippen LogP contribution in [0.3, 0.4) is 0 Å². The van der Waals surface area contributed by atoms with Gasteiger partial charge in [0.2, 0.25) is 0 Å². The lowest BCUT2D eigenvalue weighted by molar-refractivity contribution is 0.0695. The lowest BCUT2D eigenvalue weighted by Gasteiger charge is -2.20. The van der Waals surface area contributed by atoms with Gasteiger partial charge >= 0.3 is 5.97 Å². The average molecular weight is 420 g/mol. The number of benzene rings is 2. The average Bonchev–Trinajstić information content (AvgIpc) is 3.39. The number of terminal acetylenes is 1. The molecular formula is C26H20N4O2. The van der Waals surface area contributed by atoms with E-state index >= 15 is 0 Å². The van der Waals surface area contributed by atoms with E-state index in [1.807, 2.05) is 49.1 Å². The normalized spacial score (nSPS) is 12.3. The Bertz CT molecular complexity index is 1460. The summed E-state index contributed by atoms with van der Waals surface area (Å²) in [6.07, 6.45) is 9.44. The Kier molecular flexibility index (Phi) is 4.53. The van der Waals surface area contributed by atoms with Gasteiger partial charge in [-0.2, -0.15) is 5.10 Å². The van der Waals surface area contributed by atoms with Crippen molar-refractivity contribution < 1.29 is 9.90 Å². The number of carbonyl (C=O) groups is 1. The van der Waals surface area contributed by atoms with Gasteiger partial charge in [0.25, 0.3) is 0 Å². The summed E-state index contributed by atoms with van der Waals surface area (Å²) in [6, 6.07) is 15.6. The van der Waals surface area contributed by atoms with Crippen molar-refractivity contribution in [3.63, 3.8) is 0 Å². The van der Waals surface area contributed by atoms with Crippen molar-refractivity contribution in [3.05, 3.63) is 82.8 Å². The van der Waals surface area contributed by atoms with Gasteiger partial charge in [0, 0.05) is 49.0 Å². The molecule has 2 aromatic carbocycles. The smallest absolute Gasteiger partial charge is 0.336 e. The summed E-state index contributed by atoms with van der Waals surface area (Å²) < 4.78 is 1.86. The van der Waals surface area contributed by atoms with Crippen molar-refractivity contribution in [2.45, 2.75) is 6.42 Å². The quantitative estimate of drug-likeness (QED) is 0.492. The molecule has 0 aliphatic heterocycles. The summed E-state index contributed by atoms with van der Waals surface area (Å²) in [5.41, 5.74) is 7.45. The highest BCUT2D eigenvalue weighted by molar-refractivity contribution is 6.01.